The minimum atomic E-state index is -0.815. The molecular formula is C17H20N2O3. The lowest BCUT2D eigenvalue weighted by atomic mass is 9.85. The predicted molar refractivity (Wildman–Crippen MR) is 84.9 cm³/mol. The van der Waals surface area contributed by atoms with Crippen molar-refractivity contribution < 1.29 is 9.90 Å². The van der Waals surface area contributed by atoms with Gasteiger partial charge in [0, 0.05) is 23.5 Å². The summed E-state index contributed by atoms with van der Waals surface area (Å²) >= 11 is 0. The van der Waals surface area contributed by atoms with Gasteiger partial charge < -0.3 is 15.4 Å². The highest BCUT2D eigenvalue weighted by Gasteiger charge is 2.29. The summed E-state index contributed by atoms with van der Waals surface area (Å²) in [5.74, 6) is -0.318. The zero-order valence-corrected chi connectivity index (χ0v) is 12.4. The molecule has 116 valence electrons. The number of aromatic amines is 1. The lowest BCUT2D eigenvalue weighted by molar-refractivity contribution is 0.00527. The van der Waals surface area contributed by atoms with Crippen molar-refractivity contribution >= 4 is 16.8 Å². The van der Waals surface area contributed by atoms with Crippen LogP contribution >= 0.6 is 0 Å². The number of para-hydroxylation sites is 1. The first-order valence-electron chi connectivity index (χ1n) is 7.70. The van der Waals surface area contributed by atoms with E-state index in [0.29, 0.717) is 29.3 Å². The molecular weight excluding hydrogens is 280 g/mol. The molecule has 5 heteroatoms. The Labute approximate surface area is 128 Å². The van der Waals surface area contributed by atoms with Gasteiger partial charge in [0.2, 0.25) is 5.56 Å². The van der Waals surface area contributed by atoms with Gasteiger partial charge in [0.25, 0.3) is 5.91 Å². The van der Waals surface area contributed by atoms with Crippen LogP contribution in [0.1, 0.15) is 42.5 Å². The molecule has 2 aromatic rings. The van der Waals surface area contributed by atoms with Gasteiger partial charge in [-0.25, -0.2) is 0 Å². The van der Waals surface area contributed by atoms with Gasteiger partial charge in [-0.3, -0.25) is 9.59 Å². The number of rotatable bonds is 3. The molecule has 1 aliphatic carbocycles. The van der Waals surface area contributed by atoms with E-state index in [4.69, 9.17) is 0 Å². The van der Waals surface area contributed by atoms with Gasteiger partial charge in [-0.05, 0) is 18.9 Å². The highest BCUT2D eigenvalue weighted by Crippen LogP contribution is 2.27. The van der Waals surface area contributed by atoms with E-state index in [0.717, 1.165) is 19.3 Å². The van der Waals surface area contributed by atoms with Crippen LogP contribution in [-0.4, -0.2) is 28.1 Å². The summed E-state index contributed by atoms with van der Waals surface area (Å²) in [5.41, 5.74) is -0.138. The number of nitrogens with one attached hydrogen (secondary N) is 2. The molecule has 1 aromatic heterocycles. The first-order chi connectivity index (χ1) is 10.6. The Hall–Kier alpha value is -2.14. The highest BCUT2D eigenvalue weighted by atomic mass is 16.3. The van der Waals surface area contributed by atoms with Crippen LogP contribution in [0.3, 0.4) is 0 Å². The van der Waals surface area contributed by atoms with Crippen molar-refractivity contribution in [2.45, 2.75) is 37.7 Å². The number of carbonyl (C=O) groups excluding carboxylic acids is 1. The normalized spacial score (nSPS) is 17.3. The van der Waals surface area contributed by atoms with Gasteiger partial charge in [0.1, 0.15) is 0 Å². The van der Waals surface area contributed by atoms with E-state index in [1.165, 1.54) is 6.07 Å². The zero-order valence-electron chi connectivity index (χ0n) is 12.4. The summed E-state index contributed by atoms with van der Waals surface area (Å²) in [6, 6.07) is 8.51. The van der Waals surface area contributed by atoms with Crippen LogP contribution in [0.25, 0.3) is 10.9 Å². The fraction of sp³-hybridized carbons (Fsp3) is 0.412. The average Bonchev–Trinajstić information content (AvgIpc) is 2.52. The molecule has 0 radical (unpaired) electrons. The van der Waals surface area contributed by atoms with Crippen molar-refractivity contribution in [3.8, 4) is 0 Å². The summed E-state index contributed by atoms with van der Waals surface area (Å²) in [4.78, 5) is 26.8. The smallest absolute Gasteiger partial charge is 0.252 e. The minimum Gasteiger partial charge on any atom is -0.388 e. The highest BCUT2D eigenvalue weighted by molar-refractivity contribution is 6.05. The fourth-order valence-corrected chi connectivity index (χ4v) is 3.12. The molecule has 0 spiro atoms. The van der Waals surface area contributed by atoms with Crippen LogP contribution in [0, 0.1) is 0 Å². The predicted octanol–water partition coefficient (Wildman–Crippen LogP) is 1.95. The second kappa shape index (κ2) is 5.93. The van der Waals surface area contributed by atoms with Crippen molar-refractivity contribution in [1.82, 2.24) is 10.3 Å². The van der Waals surface area contributed by atoms with Gasteiger partial charge >= 0.3 is 0 Å². The van der Waals surface area contributed by atoms with Crippen molar-refractivity contribution in [3.05, 3.63) is 46.2 Å². The number of H-pyrrole nitrogens is 1. The lowest BCUT2D eigenvalue weighted by Crippen LogP contribution is -2.44. The first-order valence-corrected chi connectivity index (χ1v) is 7.70. The summed E-state index contributed by atoms with van der Waals surface area (Å²) < 4.78 is 0. The topological polar surface area (TPSA) is 82.2 Å². The van der Waals surface area contributed by atoms with Crippen LogP contribution in [0.2, 0.25) is 0 Å². The molecule has 1 fully saturated rings. The van der Waals surface area contributed by atoms with Gasteiger partial charge in [-0.1, -0.05) is 37.5 Å². The number of benzene rings is 1. The van der Waals surface area contributed by atoms with Crippen molar-refractivity contribution in [2.75, 3.05) is 6.54 Å². The second-order valence-electron chi connectivity index (χ2n) is 6.06. The Bertz CT molecular complexity index is 745. The third-order valence-electron chi connectivity index (χ3n) is 4.36. The van der Waals surface area contributed by atoms with E-state index >= 15 is 0 Å². The molecule has 0 bridgehead atoms. The summed E-state index contributed by atoms with van der Waals surface area (Å²) in [6.07, 6.45) is 4.53. The van der Waals surface area contributed by atoms with Crippen molar-refractivity contribution in [3.63, 3.8) is 0 Å². The number of hydrogen-bond donors (Lipinski definition) is 3. The van der Waals surface area contributed by atoms with Crippen LogP contribution < -0.4 is 10.9 Å². The quantitative estimate of drug-likeness (QED) is 0.810. The van der Waals surface area contributed by atoms with Gasteiger partial charge in [-0.15, -0.1) is 0 Å². The molecule has 0 unspecified atom stereocenters. The molecule has 0 saturated heterocycles. The number of aromatic nitrogens is 1. The zero-order chi connectivity index (χ0) is 15.6. The molecule has 1 heterocycles. The first kappa shape index (κ1) is 14.8. The third-order valence-corrected chi connectivity index (χ3v) is 4.36. The Kier molecular flexibility index (Phi) is 3.98. The third kappa shape index (κ3) is 3.04. The average molecular weight is 300 g/mol. The largest absolute Gasteiger partial charge is 0.388 e. The number of aliphatic hydroxyl groups is 1. The second-order valence-corrected chi connectivity index (χ2v) is 6.06. The maximum Gasteiger partial charge on any atom is 0.252 e. The number of carbonyl (C=O) groups is 1. The maximum absolute atomic E-state index is 12.4. The standard InChI is InChI=1S/C17H20N2O3/c20-15-10-13(12-6-2-3-7-14(12)19-15)16(21)18-11-17(22)8-4-1-5-9-17/h2-3,6-7,10,22H,1,4-5,8-9,11H2,(H,18,21)(H,19,20). The summed E-state index contributed by atoms with van der Waals surface area (Å²) in [5, 5.41) is 13.9. The lowest BCUT2D eigenvalue weighted by Gasteiger charge is -2.32. The number of pyridine rings is 1. The molecule has 22 heavy (non-hydrogen) atoms. The van der Waals surface area contributed by atoms with Crippen LogP contribution in [0.4, 0.5) is 0 Å². The van der Waals surface area contributed by atoms with E-state index < -0.39 is 5.60 Å². The van der Waals surface area contributed by atoms with Gasteiger partial charge in [0.15, 0.2) is 0 Å². The Morgan fingerprint density at radius 2 is 1.95 bits per heavy atom. The molecule has 1 saturated carbocycles. The molecule has 3 N–H and O–H groups in total. The molecule has 0 aliphatic heterocycles. The van der Waals surface area contributed by atoms with Gasteiger partial charge in [-0.2, -0.15) is 0 Å². The summed E-state index contributed by atoms with van der Waals surface area (Å²) in [6.45, 7) is 0.229. The summed E-state index contributed by atoms with van der Waals surface area (Å²) in [7, 11) is 0. The van der Waals surface area contributed by atoms with Crippen LogP contribution in [0.15, 0.2) is 35.1 Å². The minimum absolute atomic E-state index is 0.229. The number of hydrogen-bond acceptors (Lipinski definition) is 3. The molecule has 3 rings (SSSR count). The molecule has 1 aromatic carbocycles. The van der Waals surface area contributed by atoms with E-state index in [2.05, 4.69) is 10.3 Å². The Morgan fingerprint density at radius 1 is 1.23 bits per heavy atom. The van der Waals surface area contributed by atoms with Crippen molar-refractivity contribution in [2.24, 2.45) is 0 Å². The van der Waals surface area contributed by atoms with E-state index in [-0.39, 0.29) is 18.0 Å². The van der Waals surface area contributed by atoms with Crippen molar-refractivity contribution in [1.29, 1.82) is 0 Å². The Morgan fingerprint density at radius 3 is 2.73 bits per heavy atom. The number of fused-ring (bicyclic) bond motifs is 1. The van der Waals surface area contributed by atoms with Crippen LogP contribution in [0.5, 0.6) is 0 Å². The SMILES string of the molecule is O=C(NCC1(O)CCCCC1)c1cc(=O)[nH]c2ccccc12. The van der Waals surface area contributed by atoms with E-state index in [1.54, 1.807) is 12.1 Å². The molecule has 1 aliphatic rings. The number of amides is 1. The van der Waals surface area contributed by atoms with E-state index in [1.807, 2.05) is 12.1 Å². The fourth-order valence-electron chi connectivity index (χ4n) is 3.12. The Balaban J connectivity index is 1.82. The van der Waals surface area contributed by atoms with Crippen LogP contribution in [-0.2, 0) is 0 Å². The van der Waals surface area contributed by atoms with Gasteiger partial charge in [0.05, 0.1) is 11.2 Å². The molecule has 0 atom stereocenters. The molecule has 5 nitrogen and oxygen atoms in total. The van der Waals surface area contributed by atoms with E-state index in [9.17, 15) is 14.7 Å². The monoisotopic (exact) mass is 300 g/mol. The molecule has 1 amide bonds. The maximum atomic E-state index is 12.4.